The van der Waals surface area contributed by atoms with Gasteiger partial charge in [-0.1, -0.05) is 0 Å². The average molecular weight is 124 g/mol. The first-order valence-corrected chi connectivity index (χ1v) is 0.224. The summed E-state index contributed by atoms with van der Waals surface area (Å²) in [7, 11) is 0. The van der Waals surface area contributed by atoms with Crippen molar-refractivity contribution in [3.63, 3.8) is 0 Å². The second-order valence-electron chi connectivity index (χ2n) is 0. The molecule has 0 spiro atoms. The summed E-state index contributed by atoms with van der Waals surface area (Å²) in [4.78, 5) is 0. The first kappa shape index (κ1) is 18.7. The Morgan fingerprint density at radius 3 is 1.50 bits per heavy atom. The molecule has 3 heteroatoms. The van der Waals surface area contributed by atoms with Crippen molar-refractivity contribution in [3.05, 3.63) is 6.57 Å². The first-order valence-electron chi connectivity index (χ1n) is 0.224. The van der Waals surface area contributed by atoms with Gasteiger partial charge in [0.05, 0.1) is 0 Å². The van der Waals surface area contributed by atoms with Crippen LogP contribution in [0.15, 0.2) is 0 Å². The predicted octanol–water partition coefficient (Wildman–Crippen LogP) is -0.0619. The molecule has 0 saturated carbocycles. The van der Waals surface area contributed by atoms with E-state index in [1.54, 1.807) is 0 Å². The van der Waals surface area contributed by atoms with Crippen LogP contribution in [0.25, 0.3) is 0 Å². The van der Waals surface area contributed by atoms with Gasteiger partial charge in [-0.25, -0.2) is 0 Å². The molecule has 0 aliphatic heterocycles. The van der Waals surface area contributed by atoms with Crippen molar-refractivity contribution in [1.29, 1.82) is 5.26 Å². The molecule has 0 fully saturated rings. The summed E-state index contributed by atoms with van der Waals surface area (Å²) < 4.78 is 0. The summed E-state index contributed by atoms with van der Waals surface area (Å²) >= 11 is 0. The van der Waals surface area contributed by atoms with Crippen molar-refractivity contribution in [2.24, 2.45) is 0 Å². The van der Waals surface area contributed by atoms with E-state index in [0.29, 0.717) is 0 Å². The topological polar surface area (TPSA) is 23.8 Å². The van der Waals surface area contributed by atoms with Crippen LogP contribution in [-0.4, -0.2) is 37.7 Å². The molecule has 0 aromatic carbocycles. The zero-order chi connectivity index (χ0) is 2.00. The van der Waals surface area contributed by atoms with Crippen molar-refractivity contribution in [3.8, 4) is 0 Å². The summed E-state index contributed by atoms with van der Waals surface area (Å²) in [5.41, 5.74) is 0. The van der Waals surface area contributed by atoms with E-state index in [1.165, 1.54) is 0 Å². The van der Waals surface area contributed by atoms with Crippen LogP contribution in [0.4, 0.5) is 0 Å². The van der Waals surface area contributed by atoms with Gasteiger partial charge >= 0.3 is 37.7 Å². The molecule has 0 saturated heterocycles. The molecule has 0 unspecified atom stereocenters. The van der Waals surface area contributed by atoms with Crippen LogP contribution < -0.4 is 0 Å². The Labute approximate surface area is 68.8 Å². The van der Waals surface area contributed by atoms with Gasteiger partial charge < -0.3 is 14.7 Å². The van der Waals surface area contributed by atoms with Crippen LogP contribution in [-0.2, 0) is 17.1 Å². The van der Waals surface area contributed by atoms with E-state index >= 15 is 0 Å². The van der Waals surface area contributed by atoms with Crippen LogP contribution in [0.5, 0.6) is 0 Å². The quantitative estimate of drug-likeness (QED) is 0.327. The zero-order valence-corrected chi connectivity index (χ0v) is 5.32. The van der Waals surface area contributed by atoms with Crippen molar-refractivity contribution < 1.29 is 19.9 Å². The maximum absolute atomic E-state index is 6.25. The molecule has 0 radical (unpaired) electrons. The molecule has 0 N–H and O–H groups in total. The third kappa shape index (κ3) is 10.5. The van der Waals surface area contributed by atoms with Crippen molar-refractivity contribution in [1.82, 2.24) is 0 Å². The number of hydrogen-bond donors (Lipinski definition) is 0. The molecule has 22 valence electrons. The van der Waals surface area contributed by atoms with Crippen molar-refractivity contribution >= 4 is 37.7 Å². The Balaban J connectivity index is -0.000000000833. The van der Waals surface area contributed by atoms with E-state index in [1.807, 2.05) is 0 Å². The standard InChI is InChI=1S/CN.Ca.Fe.2H/c1-2;;;;/q-1;+2;;2*-1. The van der Waals surface area contributed by atoms with Gasteiger partial charge in [0.2, 0.25) is 0 Å². The van der Waals surface area contributed by atoms with Gasteiger partial charge in [-0.15, -0.1) is 0 Å². The minimum atomic E-state index is 0. The van der Waals surface area contributed by atoms with Gasteiger partial charge in [0.1, 0.15) is 0 Å². The largest absolute Gasteiger partial charge is 2.00 e. The van der Waals surface area contributed by atoms with Crippen LogP contribution >= 0.6 is 0 Å². The van der Waals surface area contributed by atoms with Crippen LogP contribution in [0.1, 0.15) is 2.85 Å². The Morgan fingerprint density at radius 1 is 1.50 bits per heavy atom. The van der Waals surface area contributed by atoms with Gasteiger partial charge in [-0.3, -0.25) is 0 Å². The first-order chi connectivity index (χ1) is 1.00. The molecular formula is CH2CaFeN-. The van der Waals surface area contributed by atoms with Gasteiger partial charge in [-0.2, -0.15) is 0 Å². The fourth-order valence-electron chi connectivity index (χ4n) is 0. The maximum atomic E-state index is 6.25. The molecule has 0 bridgehead atoms. The van der Waals surface area contributed by atoms with E-state index in [2.05, 4.69) is 0 Å². The smallest absolute Gasteiger partial charge is 1.00 e. The van der Waals surface area contributed by atoms with E-state index in [-0.39, 0.29) is 57.7 Å². The molecular weight excluding hydrogens is 122 g/mol. The molecule has 0 heterocycles. The summed E-state index contributed by atoms with van der Waals surface area (Å²) in [6, 6.07) is 0. The van der Waals surface area contributed by atoms with Crippen LogP contribution in [0.3, 0.4) is 0 Å². The molecule has 0 aliphatic carbocycles. The van der Waals surface area contributed by atoms with Gasteiger partial charge in [0.15, 0.2) is 0 Å². The average Bonchev–Trinajstić information content (AvgIpc) is 1.00. The number of hydrogen-bond acceptors (Lipinski definition) is 1. The Kier molecular flexibility index (Phi) is 132. The molecule has 4 heavy (non-hydrogen) atoms. The van der Waals surface area contributed by atoms with E-state index in [9.17, 15) is 0 Å². The maximum Gasteiger partial charge on any atom is 2.00 e. The third-order valence-electron chi connectivity index (χ3n) is 0. The molecule has 0 aromatic rings. The third-order valence-corrected chi connectivity index (χ3v) is 0. The Morgan fingerprint density at radius 2 is 1.50 bits per heavy atom. The molecule has 1 nitrogen and oxygen atoms in total. The molecule has 0 amide bonds. The monoisotopic (exact) mass is 124 g/mol. The van der Waals surface area contributed by atoms with E-state index < -0.39 is 0 Å². The van der Waals surface area contributed by atoms with E-state index in [0.717, 1.165) is 0 Å². The van der Waals surface area contributed by atoms with Gasteiger partial charge in [0, 0.05) is 17.1 Å². The molecule has 0 aliphatic rings. The summed E-state index contributed by atoms with van der Waals surface area (Å²) in [5.74, 6) is 0. The molecule has 0 rings (SSSR count). The number of rotatable bonds is 0. The molecule has 0 aromatic heterocycles. The molecule has 0 atom stereocenters. The Hall–Kier alpha value is 1.27. The Bertz CT molecular complexity index is 18.3. The zero-order valence-electron chi connectivity index (χ0n) is 4.01. The van der Waals surface area contributed by atoms with Crippen molar-refractivity contribution in [2.75, 3.05) is 0 Å². The minimum Gasteiger partial charge on any atom is -1.00 e. The SMILES string of the molecule is [C-]#N.[Ca+2].[Fe].[H-].[H-]. The van der Waals surface area contributed by atoms with Gasteiger partial charge in [0.25, 0.3) is 0 Å². The predicted molar refractivity (Wildman–Crippen MR) is 12.9 cm³/mol. The summed E-state index contributed by atoms with van der Waals surface area (Å²) in [6.45, 7) is 4.75. The van der Waals surface area contributed by atoms with Crippen molar-refractivity contribution in [2.45, 2.75) is 0 Å². The minimum absolute atomic E-state index is 0. The normalized spacial score (nSPS) is 0.500. The summed E-state index contributed by atoms with van der Waals surface area (Å²) in [6.07, 6.45) is 0. The van der Waals surface area contributed by atoms with Gasteiger partial charge in [-0.05, 0) is 0 Å². The fourth-order valence-corrected chi connectivity index (χ4v) is 0. The second kappa shape index (κ2) is 28.3. The summed E-state index contributed by atoms with van der Waals surface area (Å²) in [5, 5.41) is 6.25. The van der Waals surface area contributed by atoms with Crippen LogP contribution in [0, 0.1) is 11.8 Å². The number of nitrogens with zero attached hydrogens (tertiary/aromatic N) is 1. The van der Waals surface area contributed by atoms with Crippen LogP contribution in [0.2, 0.25) is 0 Å². The fraction of sp³-hybridized carbons (Fsp3) is 0. The second-order valence-corrected chi connectivity index (χ2v) is 0. The van der Waals surface area contributed by atoms with E-state index in [4.69, 9.17) is 11.8 Å².